The van der Waals surface area contributed by atoms with E-state index in [1.807, 2.05) is 22.8 Å². The third kappa shape index (κ3) is 5.08. The van der Waals surface area contributed by atoms with Crippen LogP contribution in [-0.2, 0) is 35.3 Å². The van der Waals surface area contributed by atoms with Crippen molar-refractivity contribution in [2.45, 2.75) is 56.2 Å². The SMILES string of the molecule is O=C(CSc1nc(=O)n(C[C@@H]2CCCO2)c2c1CCC2)NCCc1ccccc1. The fraction of sp³-hybridized carbons (Fsp3) is 0.500. The molecule has 1 aromatic carbocycles. The van der Waals surface area contributed by atoms with E-state index in [-0.39, 0.29) is 23.5 Å². The number of benzene rings is 1. The molecule has 1 N–H and O–H groups in total. The lowest BCUT2D eigenvalue weighted by Crippen LogP contribution is -2.32. The first kappa shape index (κ1) is 20.2. The van der Waals surface area contributed by atoms with Crippen molar-refractivity contribution < 1.29 is 9.53 Å². The molecule has 29 heavy (non-hydrogen) atoms. The molecule has 0 unspecified atom stereocenters. The smallest absolute Gasteiger partial charge is 0.348 e. The van der Waals surface area contributed by atoms with Gasteiger partial charge in [-0.2, -0.15) is 4.98 Å². The molecule has 1 aromatic heterocycles. The van der Waals surface area contributed by atoms with Gasteiger partial charge in [-0.25, -0.2) is 4.79 Å². The molecule has 0 bridgehead atoms. The van der Waals surface area contributed by atoms with Crippen molar-refractivity contribution in [2.24, 2.45) is 0 Å². The summed E-state index contributed by atoms with van der Waals surface area (Å²) in [5.74, 6) is 0.256. The van der Waals surface area contributed by atoms with E-state index in [1.165, 1.54) is 17.3 Å². The Kier molecular flexibility index (Phi) is 6.67. The van der Waals surface area contributed by atoms with Crippen LogP contribution >= 0.6 is 11.8 Å². The fourth-order valence-electron chi connectivity index (χ4n) is 4.06. The maximum atomic E-state index is 12.6. The zero-order valence-electron chi connectivity index (χ0n) is 16.6. The molecule has 154 valence electrons. The molecule has 2 aliphatic rings. The number of rotatable bonds is 8. The summed E-state index contributed by atoms with van der Waals surface area (Å²) in [4.78, 5) is 29.2. The number of nitrogens with one attached hydrogen (secondary N) is 1. The predicted molar refractivity (Wildman–Crippen MR) is 113 cm³/mol. The second kappa shape index (κ2) is 9.59. The second-order valence-electron chi connectivity index (χ2n) is 7.60. The number of hydrogen-bond acceptors (Lipinski definition) is 5. The van der Waals surface area contributed by atoms with E-state index < -0.39 is 0 Å². The monoisotopic (exact) mass is 413 g/mol. The number of carbonyl (C=O) groups is 1. The van der Waals surface area contributed by atoms with Gasteiger partial charge in [-0.1, -0.05) is 42.1 Å². The van der Waals surface area contributed by atoms with Crippen molar-refractivity contribution in [3.8, 4) is 0 Å². The van der Waals surface area contributed by atoms with Gasteiger partial charge in [0.25, 0.3) is 0 Å². The molecule has 1 aliphatic heterocycles. The van der Waals surface area contributed by atoms with E-state index in [4.69, 9.17) is 4.74 Å². The van der Waals surface area contributed by atoms with E-state index in [2.05, 4.69) is 22.4 Å². The molecule has 1 aliphatic carbocycles. The highest BCUT2D eigenvalue weighted by atomic mass is 32.2. The van der Waals surface area contributed by atoms with Crippen molar-refractivity contribution in [3.05, 3.63) is 57.6 Å². The van der Waals surface area contributed by atoms with Gasteiger partial charge >= 0.3 is 5.69 Å². The van der Waals surface area contributed by atoms with Crippen molar-refractivity contribution in [1.82, 2.24) is 14.9 Å². The predicted octanol–water partition coefficient (Wildman–Crippen LogP) is 2.36. The normalized spacial score (nSPS) is 18.0. The highest BCUT2D eigenvalue weighted by molar-refractivity contribution is 7.99. The van der Waals surface area contributed by atoms with Crippen LogP contribution in [-0.4, -0.2) is 40.5 Å². The van der Waals surface area contributed by atoms with Gasteiger partial charge in [-0.3, -0.25) is 9.36 Å². The topological polar surface area (TPSA) is 73.2 Å². The average Bonchev–Trinajstić information content (AvgIpc) is 3.41. The van der Waals surface area contributed by atoms with Crippen LogP contribution < -0.4 is 11.0 Å². The minimum Gasteiger partial charge on any atom is -0.376 e. The second-order valence-corrected chi connectivity index (χ2v) is 8.56. The molecule has 1 saturated heterocycles. The van der Waals surface area contributed by atoms with Gasteiger partial charge in [-0.15, -0.1) is 0 Å². The lowest BCUT2D eigenvalue weighted by molar-refractivity contribution is -0.118. The Labute approximate surface area is 175 Å². The minimum absolute atomic E-state index is 0.0250. The number of amides is 1. The van der Waals surface area contributed by atoms with Crippen molar-refractivity contribution in [1.29, 1.82) is 0 Å². The number of thioether (sulfide) groups is 1. The summed E-state index contributed by atoms with van der Waals surface area (Å²) in [6, 6.07) is 10.1. The maximum Gasteiger partial charge on any atom is 0.348 e. The average molecular weight is 414 g/mol. The Morgan fingerprint density at radius 3 is 2.90 bits per heavy atom. The quantitative estimate of drug-likeness (QED) is 0.531. The lowest BCUT2D eigenvalue weighted by atomic mass is 10.1. The van der Waals surface area contributed by atoms with E-state index >= 15 is 0 Å². The largest absolute Gasteiger partial charge is 0.376 e. The third-order valence-electron chi connectivity index (χ3n) is 5.53. The van der Waals surface area contributed by atoms with Crippen LogP contribution in [0.4, 0.5) is 0 Å². The highest BCUT2D eigenvalue weighted by Crippen LogP contribution is 2.29. The van der Waals surface area contributed by atoms with Crippen LogP contribution in [0.25, 0.3) is 0 Å². The molecule has 1 fully saturated rings. The molecule has 7 heteroatoms. The van der Waals surface area contributed by atoms with Gasteiger partial charge in [0.15, 0.2) is 0 Å². The molecule has 2 heterocycles. The summed E-state index contributed by atoms with van der Waals surface area (Å²) in [7, 11) is 0. The van der Waals surface area contributed by atoms with E-state index in [9.17, 15) is 9.59 Å². The highest BCUT2D eigenvalue weighted by Gasteiger charge is 2.25. The Bertz CT molecular complexity index is 908. The first-order chi connectivity index (χ1) is 14.2. The first-order valence-corrected chi connectivity index (χ1v) is 11.4. The minimum atomic E-state index is -0.215. The molecule has 1 amide bonds. The Balaban J connectivity index is 1.35. The number of ether oxygens (including phenoxy) is 1. The summed E-state index contributed by atoms with van der Waals surface area (Å²) in [5.41, 5.74) is 3.22. The number of carbonyl (C=O) groups excluding carboxylic acids is 1. The van der Waals surface area contributed by atoms with Gasteiger partial charge in [0.2, 0.25) is 5.91 Å². The Morgan fingerprint density at radius 1 is 1.24 bits per heavy atom. The summed E-state index contributed by atoms with van der Waals surface area (Å²) < 4.78 is 7.51. The number of nitrogens with zero attached hydrogens (tertiary/aromatic N) is 2. The molecule has 6 nitrogen and oxygen atoms in total. The molecule has 4 rings (SSSR count). The van der Waals surface area contributed by atoms with Crippen molar-refractivity contribution >= 4 is 17.7 Å². The third-order valence-corrected chi connectivity index (χ3v) is 6.55. The molecular formula is C22H27N3O3S. The van der Waals surface area contributed by atoms with Gasteiger partial charge in [0.05, 0.1) is 18.4 Å². The van der Waals surface area contributed by atoms with Gasteiger partial charge < -0.3 is 10.1 Å². The van der Waals surface area contributed by atoms with Crippen molar-refractivity contribution in [3.63, 3.8) is 0 Å². The Morgan fingerprint density at radius 2 is 2.10 bits per heavy atom. The van der Waals surface area contributed by atoms with Gasteiger partial charge in [-0.05, 0) is 44.1 Å². The molecule has 0 spiro atoms. The van der Waals surface area contributed by atoms with Gasteiger partial charge in [0.1, 0.15) is 5.03 Å². The maximum absolute atomic E-state index is 12.6. The zero-order valence-corrected chi connectivity index (χ0v) is 17.4. The number of fused-ring (bicyclic) bond motifs is 1. The summed E-state index contributed by atoms with van der Waals surface area (Å²) >= 11 is 1.38. The van der Waals surface area contributed by atoms with Crippen LogP contribution in [0.3, 0.4) is 0 Å². The van der Waals surface area contributed by atoms with Crippen molar-refractivity contribution in [2.75, 3.05) is 18.9 Å². The van der Waals surface area contributed by atoms with Crippen LogP contribution in [0, 0.1) is 0 Å². The standard InChI is InChI=1S/C22H27N3O3S/c26-20(23-12-11-16-6-2-1-3-7-16)15-29-21-18-9-4-10-19(18)25(22(27)24-21)14-17-8-5-13-28-17/h1-3,6-7,17H,4-5,8-15H2,(H,23,26)/t17-/m0/s1. The number of hydrogen-bond donors (Lipinski definition) is 1. The van der Waals surface area contributed by atoms with Crippen LogP contribution in [0.15, 0.2) is 40.2 Å². The zero-order chi connectivity index (χ0) is 20.1. The fourth-order valence-corrected chi connectivity index (χ4v) is 4.97. The van der Waals surface area contributed by atoms with Gasteiger partial charge in [0, 0.05) is 24.4 Å². The lowest BCUT2D eigenvalue weighted by Gasteiger charge is -2.17. The molecule has 1 atom stereocenters. The summed E-state index contributed by atoms with van der Waals surface area (Å²) in [6.07, 6.45) is 5.84. The van der Waals surface area contributed by atoms with Crippen LogP contribution in [0.2, 0.25) is 0 Å². The molecule has 0 radical (unpaired) electrons. The molecular weight excluding hydrogens is 386 g/mol. The molecule has 0 saturated carbocycles. The Hall–Kier alpha value is -2.12. The summed E-state index contributed by atoms with van der Waals surface area (Å²) in [5, 5.41) is 3.68. The number of aromatic nitrogens is 2. The van der Waals surface area contributed by atoms with Crippen LogP contribution in [0.1, 0.15) is 36.1 Å². The van der Waals surface area contributed by atoms with E-state index in [0.29, 0.717) is 13.1 Å². The first-order valence-electron chi connectivity index (χ1n) is 10.4. The van der Waals surface area contributed by atoms with E-state index in [0.717, 1.165) is 61.4 Å². The summed E-state index contributed by atoms with van der Waals surface area (Å²) in [6.45, 7) is 1.99. The van der Waals surface area contributed by atoms with Crippen LogP contribution in [0.5, 0.6) is 0 Å². The molecule has 2 aromatic rings. The van der Waals surface area contributed by atoms with E-state index in [1.54, 1.807) is 0 Å².